The summed E-state index contributed by atoms with van der Waals surface area (Å²) < 4.78 is 34.0. The molecule has 2 aromatic rings. The number of aliphatic carboxylic acids is 1. The highest BCUT2D eigenvalue weighted by Gasteiger charge is 2.27. The SMILES string of the molecule is O=C(O)CCC(=O)N(CCCNC(=O)c1sc(=S)sc1C(=O)N1CCOCCOCCOCC1)CCCNC(=O)c1sc(=S)sc1C(=O)N1CCOCCOCCOCC1. The van der Waals surface area contributed by atoms with Crippen LogP contribution in [0.5, 0.6) is 0 Å². The Morgan fingerprint density at radius 1 is 0.533 bits per heavy atom. The van der Waals surface area contributed by atoms with Crippen LogP contribution in [0, 0.1) is 6.28 Å². The van der Waals surface area contributed by atoms with Crippen molar-refractivity contribution in [3.05, 3.63) is 25.8 Å². The first kappa shape index (κ1) is 49.8. The molecule has 4 heterocycles. The molecule has 2 fully saturated rings. The van der Waals surface area contributed by atoms with Crippen LogP contribution < -0.4 is 10.6 Å². The third-order valence-electron chi connectivity index (χ3n) is 8.73. The summed E-state index contributed by atoms with van der Waals surface area (Å²) in [4.78, 5) is 83.7. The summed E-state index contributed by atoms with van der Waals surface area (Å²) in [6, 6.07) is 0. The van der Waals surface area contributed by atoms with Crippen LogP contribution in [0.3, 0.4) is 0 Å². The smallest absolute Gasteiger partial charge is 0.303 e. The highest BCUT2D eigenvalue weighted by Crippen LogP contribution is 2.28. The number of nitrogens with one attached hydrogen (secondary N) is 2. The van der Waals surface area contributed by atoms with Crippen LogP contribution in [0.15, 0.2) is 0 Å². The van der Waals surface area contributed by atoms with Crippen molar-refractivity contribution < 1.29 is 62.3 Å². The first-order chi connectivity index (χ1) is 29.0. The summed E-state index contributed by atoms with van der Waals surface area (Å²) in [5.74, 6) is -3.15. The zero-order valence-electron chi connectivity index (χ0n) is 33.1. The fourth-order valence-electron chi connectivity index (χ4n) is 5.68. The Balaban J connectivity index is 1.30. The van der Waals surface area contributed by atoms with E-state index in [4.69, 9.17) is 52.9 Å². The Bertz CT molecular complexity index is 1700. The maximum absolute atomic E-state index is 13.6. The number of amides is 5. The van der Waals surface area contributed by atoms with Crippen molar-refractivity contribution in [1.82, 2.24) is 25.3 Å². The van der Waals surface area contributed by atoms with Crippen LogP contribution in [0.25, 0.3) is 0 Å². The lowest BCUT2D eigenvalue weighted by Gasteiger charge is -2.23. The van der Waals surface area contributed by atoms with E-state index in [0.29, 0.717) is 98.2 Å². The van der Waals surface area contributed by atoms with E-state index in [9.17, 15) is 33.9 Å². The van der Waals surface area contributed by atoms with Gasteiger partial charge in [-0.05, 0) is 12.8 Å². The number of ether oxygens (including phenoxy) is 6. The molecule has 3 N–H and O–H groups in total. The van der Waals surface area contributed by atoms with Gasteiger partial charge in [0.2, 0.25) is 5.91 Å². The molecule has 2 aliphatic heterocycles. The average Bonchev–Trinajstić information content (AvgIpc) is 3.81. The molecule has 18 nitrogen and oxygen atoms in total. The van der Waals surface area contributed by atoms with Gasteiger partial charge in [0, 0.05) is 58.8 Å². The van der Waals surface area contributed by atoms with Gasteiger partial charge >= 0.3 is 5.97 Å². The van der Waals surface area contributed by atoms with Crippen molar-refractivity contribution in [1.29, 1.82) is 0 Å². The van der Waals surface area contributed by atoms with Gasteiger partial charge in [-0.25, -0.2) is 0 Å². The van der Waals surface area contributed by atoms with Crippen molar-refractivity contribution in [3.63, 3.8) is 0 Å². The second-order valence-electron chi connectivity index (χ2n) is 13.0. The first-order valence-corrected chi connectivity index (χ1v) is 23.5. The van der Waals surface area contributed by atoms with Crippen molar-refractivity contribution in [2.24, 2.45) is 0 Å². The lowest BCUT2D eigenvalue weighted by Crippen LogP contribution is -2.38. The number of carbonyl (C=O) groups is 6. The highest BCUT2D eigenvalue weighted by molar-refractivity contribution is 7.77. The number of hydrogen-bond donors (Lipinski definition) is 3. The quantitative estimate of drug-likeness (QED) is 0.173. The van der Waals surface area contributed by atoms with Gasteiger partial charge in [-0.2, -0.15) is 0 Å². The molecule has 5 amide bonds. The van der Waals surface area contributed by atoms with Gasteiger partial charge < -0.3 is 58.9 Å². The summed E-state index contributed by atoms with van der Waals surface area (Å²) in [6.07, 6.45) is 0.0757. The van der Waals surface area contributed by atoms with Gasteiger partial charge in [0.05, 0.1) is 85.7 Å². The minimum Gasteiger partial charge on any atom is -0.481 e. The molecular weight excluding hydrogens is 903 g/mol. The third-order valence-corrected chi connectivity index (χ3v) is 14.0. The number of rotatable bonds is 15. The van der Waals surface area contributed by atoms with Crippen molar-refractivity contribution in [3.8, 4) is 0 Å². The van der Waals surface area contributed by atoms with Crippen LogP contribution >= 0.6 is 69.8 Å². The fourth-order valence-corrected chi connectivity index (χ4v) is 10.7. The minimum absolute atomic E-state index is 0.151. The molecule has 2 saturated heterocycles. The molecular formula is C36H51N5O13S6. The zero-order chi connectivity index (χ0) is 43.1. The average molecular weight is 954 g/mol. The summed E-state index contributed by atoms with van der Waals surface area (Å²) in [5, 5.41) is 14.8. The number of carboxylic acid groups (broad SMARTS) is 1. The van der Waals surface area contributed by atoms with E-state index in [1.807, 2.05) is 0 Å². The van der Waals surface area contributed by atoms with Crippen LogP contribution in [0.4, 0.5) is 0 Å². The third kappa shape index (κ3) is 17.5. The Hall–Kier alpha value is -2.88. The predicted octanol–water partition coefficient (Wildman–Crippen LogP) is 3.04. The van der Waals surface area contributed by atoms with Crippen LogP contribution in [0.1, 0.15) is 64.4 Å². The van der Waals surface area contributed by atoms with Gasteiger partial charge in [0.1, 0.15) is 25.8 Å². The molecule has 0 aliphatic carbocycles. The normalized spacial score (nSPS) is 16.6. The standard InChI is InChI=1S/C36H51N5O13S6/c42-25(3-4-26(43)44)39(7-1-5-37-31(45)27-29(59-35(55)57-27)33(47)40-9-13-49-17-21-53-22-18-50-14-10-40)8-2-6-38-32(46)28-30(60-36(56)58-28)34(48)41-11-15-51-19-23-54-24-20-52-16-12-41/h1-24H2,(H,37,45)(H,38,46)(H,43,44). The maximum Gasteiger partial charge on any atom is 0.303 e. The molecule has 0 saturated carbocycles. The Morgan fingerprint density at radius 2 is 0.867 bits per heavy atom. The second kappa shape index (κ2) is 27.9. The zero-order valence-corrected chi connectivity index (χ0v) is 38.0. The molecule has 24 heteroatoms. The molecule has 2 aromatic heterocycles. The molecule has 0 atom stereocenters. The van der Waals surface area contributed by atoms with Crippen LogP contribution in [-0.4, -0.2) is 187 Å². The monoisotopic (exact) mass is 953 g/mol. The number of carbonyl (C=O) groups excluding carboxylic acids is 5. The maximum atomic E-state index is 13.6. The lowest BCUT2D eigenvalue weighted by molar-refractivity contribution is -0.141. The molecule has 0 aromatic carbocycles. The van der Waals surface area contributed by atoms with Gasteiger partial charge in [0.25, 0.3) is 23.6 Å². The topological polar surface area (TPSA) is 212 Å². The fraction of sp³-hybridized carbons (Fsp3) is 0.667. The van der Waals surface area contributed by atoms with E-state index in [-0.39, 0.29) is 103 Å². The Morgan fingerprint density at radius 3 is 1.22 bits per heavy atom. The van der Waals surface area contributed by atoms with E-state index in [0.717, 1.165) is 45.3 Å². The van der Waals surface area contributed by atoms with Crippen molar-refractivity contribution in [2.45, 2.75) is 25.7 Å². The molecule has 334 valence electrons. The minimum atomic E-state index is -1.11. The van der Waals surface area contributed by atoms with E-state index < -0.39 is 17.8 Å². The number of nitrogens with zero attached hydrogens (tertiary/aromatic N) is 3. The predicted molar refractivity (Wildman–Crippen MR) is 230 cm³/mol. The molecule has 0 spiro atoms. The van der Waals surface area contributed by atoms with Crippen LogP contribution in [-0.2, 0) is 38.0 Å². The molecule has 60 heavy (non-hydrogen) atoms. The lowest BCUT2D eigenvalue weighted by atomic mass is 10.2. The van der Waals surface area contributed by atoms with E-state index in [1.165, 1.54) is 4.90 Å². The van der Waals surface area contributed by atoms with E-state index >= 15 is 0 Å². The number of carboxylic acids is 1. The largest absolute Gasteiger partial charge is 0.481 e. The van der Waals surface area contributed by atoms with Crippen molar-refractivity contribution in [2.75, 3.05) is 132 Å². The first-order valence-electron chi connectivity index (χ1n) is 19.4. The van der Waals surface area contributed by atoms with E-state index in [2.05, 4.69) is 10.6 Å². The number of hydrogen-bond acceptors (Lipinski definition) is 18. The summed E-state index contributed by atoms with van der Waals surface area (Å²) in [6.45, 7) is 6.22. The Labute approximate surface area is 374 Å². The summed E-state index contributed by atoms with van der Waals surface area (Å²) >= 11 is 15.0. The Kier molecular flexibility index (Phi) is 23.2. The van der Waals surface area contributed by atoms with Gasteiger partial charge in [-0.15, -0.1) is 45.3 Å². The summed E-state index contributed by atoms with van der Waals surface area (Å²) in [7, 11) is 0. The molecule has 0 unspecified atom stereocenters. The molecule has 2 aliphatic rings. The highest BCUT2D eigenvalue weighted by atomic mass is 32.2. The van der Waals surface area contributed by atoms with E-state index in [1.54, 1.807) is 9.80 Å². The van der Waals surface area contributed by atoms with Gasteiger partial charge in [-0.3, -0.25) is 28.8 Å². The summed E-state index contributed by atoms with van der Waals surface area (Å²) in [5.41, 5.74) is 0. The van der Waals surface area contributed by atoms with Crippen LogP contribution in [0.2, 0.25) is 0 Å². The molecule has 4 rings (SSSR count). The molecule has 0 bridgehead atoms. The van der Waals surface area contributed by atoms with Crippen molar-refractivity contribution >= 4 is 105 Å². The van der Waals surface area contributed by atoms with Gasteiger partial charge in [-0.1, -0.05) is 24.4 Å². The second-order valence-corrected chi connectivity index (χ2v) is 19.4. The van der Waals surface area contributed by atoms with Gasteiger partial charge in [0.15, 0.2) is 0 Å². The molecule has 0 radical (unpaired) electrons.